The van der Waals surface area contributed by atoms with Gasteiger partial charge in [-0.2, -0.15) is 0 Å². The van der Waals surface area contributed by atoms with E-state index in [1.807, 2.05) is 30.3 Å². The average molecular weight is 452 g/mol. The number of anilines is 1. The summed E-state index contributed by atoms with van der Waals surface area (Å²) in [6.07, 6.45) is 1.47. The molecule has 2 aliphatic heterocycles. The van der Waals surface area contributed by atoms with Gasteiger partial charge >= 0.3 is 5.97 Å². The molecule has 2 aromatic rings. The molecule has 0 aliphatic carbocycles. The number of thioether (sulfide) groups is 1. The number of nitrogens with zero attached hydrogens (tertiary/aromatic N) is 3. The Labute approximate surface area is 189 Å². The maximum atomic E-state index is 12.7. The summed E-state index contributed by atoms with van der Waals surface area (Å²) in [5.41, 5.74) is 1.68. The fourth-order valence-corrected chi connectivity index (χ4v) is 4.48. The molecule has 0 atom stereocenters. The molecule has 2 heterocycles. The summed E-state index contributed by atoms with van der Waals surface area (Å²) in [5.74, 6) is -1.89. The van der Waals surface area contributed by atoms with E-state index in [0.29, 0.717) is 31.7 Å². The van der Waals surface area contributed by atoms with Gasteiger partial charge in [0.1, 0.15) is 6.54 Å². The van der Waals surface area contributed by atoms with Gasteiger partial charge in [-0.25, -0.2) is 4.79 Å². The van der Waals surface area contributed by atoms with E-state index < -0.39 is 17.1 Å². The summed E-state index contributed by atoms with van der Waals surface area (Å²) < 4.78 is 0. The molecule has 0 unspecified atom stereocenters. The molecule has 0 spiro atoms. The van der Waals surface area contributed by atoms with Gasteiger partial charge in [0.05, 0.1) is 10.5 Å². The number of rotatable bonds is 5. The summed E-state index contributed by atoms with van der Waals surface area (Å²) in [4.78, 5) is 53.9. The predicted octanol–water partition coefficient (Wildman–Crippen LogP) is 2.77. The van der Waals surface area contributed by atoms with Crippen molar-refractivity contribution < 1.29 is 24.3 Å². The lowest BCUT2D eigenvalue weighted by molar-refractivity contribution is -0.136. The topological polar surface area (TPSA) is 98.2 Å². The number of carboxylic acid groups (broad SMARTS) is 1. The van der Waals surface area contributed by atoms with Gasteiger partial charge < -0.3 is 14.9 Å². The maximum absolute atomic E-state index is 12.7. The largest absolute Gasteiger partial charge is 0.478 e. The molecule has 0 aromatic heterocycles. The Morgan fingerprint density at radius 1 is 0.969 bits per heavy atom. The summed E-state index contributed by atoms with van der Waals surface area (Å²) in [6, 6.07) is 16.0. The second kappa shape index (κ2) is 9.27. The molecule has 9 heteroatoms. The lowest BCUT2D eigenvalue weighted by Crippen LogP contribution is -2.51. The summed E-state index contributed by atoms with van der Waals surface area (Å²) in [6.45, 7) is 2.08. The molecule has 2 aromatic carbocycles. The van der Waals surface area contributed by atoms with Gasteiger partial charge in [-0.3, -0.25) is 19.3 Å². The van der Waals surface area contributed by atoms with E-state index in [0.717, 1.165) is 22.3 Å². The lowest BCUT2D eigenvalue weighted by atomic mass is 10.1. The Balaban J connectivity index is 1.38. The van der Waals surface area contributed by atoms with E-state index in [-0.39, 0.29) is 22.9 Å². The number of piperazine rings is 1. The van der Waals surface area contributed by atoms with Crippen molar-refractivity contribution in [2.75, 3.05) is 37.6 Å². The monoisotopic (exact) mass is 451 g/mol. The Kier molecular flexibility index (Phi) is 6.27. The molecule has 32 heavy (non-hydrogen) atoms. The van der Waals surface area contributed by atoms with Gasteiger partial charge in [0.15, 0.2) is 0 Å². The Hall–Kier alpha value is -3.59. The van der Waals surface area contributed by atoms with E-state index in [1.165, 1.54) is 18.2 Å². The van der Waals surface area contributed by atoms with Gasteiger partial charge in [-0.1, -0.05) is 30.3 Å². The number of carbonyl (C=O) groups excluding carboxylic acids is 3. The first kappa shape index (κ1) is 21.6. The number of para-hydroxylation sites is 1. The minimum Gasteiger partial charge on any atom is -0.478 e. The quantitative estimate of drug-likeness (QED) is 0.698. The molecule has 0 bridgehead atoms. The highest BCUT2D eigenvalue weighted by molar-refractivity contribution is 8.18. The highest BCUT2D eigenvalue weighted by Gasteiger charge is 2.37. The van der Waals surface area contributed by atoms with Crippen molar-refractivity contribution in [1.29, 1.82) is 0 Å². The highest BCUT2D eigenvalue weighted by atomic mass is 32.2. The van der Waals surface area contributed by atoms with Gasteiger partial charge in [0, 0.05) is 31.9 Å². The standard InChI is InChI=1S/C23H21N3O5S/c27-20(25-11-9-24(10-12-25)18-7-2-1-3-8-18)15-26-21(28)19(32-23(26)31)14-16-5-4-6-17(13-16)22(29)30/h1-8,13-14H,9-12,15H2,(H,29,30). The Bertz CT molecular complexity index is 1090. The zero-order valence-corrected chi connectivity index (χ0v) is 18.0. The average Bonchev–Trinajstić information content (AvgIpc) is 3.07. The number of hydrogen-bond donors (Lipinski definition) is 1. The van der Waals surface area contributed by atoms with Crippen LogP contribution in [0.2, 0.25) is 0 Å². The van der Waals surface area contributed by atoms with Crippen molar-refractivity contribution in [1.82, 2.24) is 9.80 Å². The first-order chi connectivity index (χ1) is 15.4. The zero-order chi connectivity index (χ0) is 22.7. The number of amides is 3. The normalized spacial score (nSPS) is 17.9. The van der Waals surface area contributed by atoms with Crippen LogP contribution >= 0.6 is 11.8 Å². The van der Waals surface area contributed by atoms with E-state index in [1.54, 1.807) is 17.0 Å². The van der Waals surface area contributed by atoms with Crippen molar-refractivity contribution in [2.24, 2.45) is 0 Å². The van der Waals surface area contributed by atoms with E-state index in [2.05, 4.69) is 4.90 Å². The molecule has 2 saturated heterocycles. The predicted molar refractivity (Wildman–Crippen MR) is 121 cm³/mol. The molecule has 4 rings (SSSR count). The third-order valence-electron chi connectivity index (χ3n) is 5.35. The Morgan fingerprint density at radius 3 is 2.38 bits per heavy atom. The van der Waals surface area contributed by atoms with Gasteiger partial charge in [-0.05, 0) is 47.7 Å². The van der Waals surface area contributed by atoms with Gasteiger partial charge in [0.25, 0.3) is 11.1 Å². The van der Waals surface area contributed by atoms with Crippen LogP contribution in [-0.2, 0) is 9.59 Å². The van der Waals surface area contributed by atoms with Crippen LogP contribution in [0.15, 0.2) is 59.5 Å². The number of carboxylic acids is 1. The molecule has 164 valence electrons. The first-order valence-electron chi connectivity index (χ1n) is 10.1. The van der Waals surface area contributed by atoms with E-state index in [4.69, 9.17) is 5.11 Å². The van der Waals surface area contributed by atoms with Gasteiger partial charge in [-0.15, -0.1) is 0 Å². The molecular weight excluding hydrogens is 430 g/mol. The minimum atomic E-state index is -1.08. The van der Waals surface area contributed by atoms with Crippen LogP contribution in [0.25, 0.3) is 6.08 Å². The number of hydrogen-bond acceptors (Lipinski definition) is 6. The third kappa shape index (κ3) is 4.67. The highest BCUT2D eigenvalue weighted by Crippen LogP contribution is 2.32. The van der Waals surface area contributed by atoms with E-state index in [9.17, 15) is 19.2 Å². The Morgan fingerprint density at radius 2 is 1.69 bits per heavy atom. The third-order valence-corrected chi connectivity index (χ3v) is 6.26. The maximum Gasteiger partial charge on any atom is 0.335 e. The van der Waals surface area contributed by atoms with Crippen LogP contribution < -0.4 is 4.90 Å². The fourth-order valence-electron chi connectivity index (χ4n) is 3.64. The van der Waals surface area contributed by atoms with E-state index >= 15 is 0 Å². The SMILES string of the molecule is O=C(O)c1cccc(C=C2SC(=O)N(CC(=O)N3CCN(c4ccccc4)CC3)C2=O)c1. The summed E-state index contributed by atoms with van der Waals surface area (Å²) in [5, 5.41) is 8.60. The number of carbonyl (C=O) groups is 4. The molecule has 2 aliphatic rings. The fraction of sp³-hybridized carbons (Fsp3) is 0.217. The van der Waals surface area contributed by atoms with Crippen LogP contribution in [0.5, 0.6) is 0 Å². The molecule has 0 saturated carbocycles. The number of benzene rings is 2. The van der Waals surface area contributed by atoms with Crippen LogP contribution in [0, 0.1) is 0 Å². The molecule has 0 radical (unpaired) electrons. The number of imide groups is 1. The second-order valence-electron chi connectivity index (χ2n) is 7.40. The van der Waals surface area contributed by atoms with Crippen molar-refractivity contribution in [3.63, 3.8) is 0 Å². The molecule has 8 nitrogen and oxygen atoms in total. The summed E-state index contributed by atoms with van der Waals surface area (Å²) >= 11 is 0.749. The van der Waals surface area contributed by atoms with Crippen molar-refractivity contribution >= 4 is 46.5 Å². The van der Waals surface area contributed by atoms with Crippen LogP contribution in [0.4, 0.5) is 10.5 Å². The van der Waals surface area contributed by atoms with Gasteiger partial charge in [0.2, 0.25) is 5.91 Å². The van der Waals surface area contributed by atoms with Crippen LogP contribution in [-0.4, -0.2) is 70.7 Å². The van der Waals surface area contributed by atoms with Crippen molar-refractivity contribution in [2.45, 2.75) is 0 Å². The zero-order valence-electron chi connectivity index (χ0n) is 17.1. The smallest absolute Gasteiger partial charge is 0.335 e. The van der Waals surface area contributed by atoms with Crippen LogP contribution in [0.1, 0.15) is 15.9 Å². The second-order valence-corrected chi connectivity index (χ2v) is 8.40. The van der Waals surface area contributed by atoms with Crippen LogP contribution in [0.3, 0.4) is 0 Å². The molecule has 2 fully saturated rings. The van der Waals surface area contributed by atoms with Crippen molar-refractivity contribution in [3.8, 4) is 0 Å². The van der Waals surface area contributed by atoms with Crippen molar-refractivity contribution in [3.05, 3.63) is 70.6 Å². The molecule has 3 amide bonds. The molecular formula is C23H21N3O5S. The number of aromatic carboxylic acids is 1. The molecule has 1 N–H and O–H groups in total. The first-order valence-corrected chi connectivity index (χ1v) is 10.9. The minimum absolute atomic E-state index is 0.0859. The lowest BCUT2D eigenvalue weighted by Gasteiger charge is -2.36. The summed E-state index contributed by atoms with van der Waals surface area (Å²) in [7, 11) is 0.